The van der Waals surface area contributed by atoms with Crippen LogP contribution in [0.15, 0.2) is 11.0 Å². The van der Waals surface area contributed by atoms with E-state index in [1.807, 2.05) is 11.8 Å². The van der Waals surface area contributed by atoms with E-state index in [-0.39, 0.29) is 11.6 Å². The zero-order valence-electron chi connectivity index (χ0n) is 12.1. The normalized spacial score (nSPS) is 16.8. The van der Waals surface area contributed by atoms with Gasteiger partial charge in [0, 0.05) is 18.3 Å². The summed E-state index contributed by atoms with van der Waals surface area (Å²) in [6, 6.07) is 0.213. The second-order valence-corrected chi connectivity index (χ2v) is 7.08. The molecule has 1 unspecified atom stereocenters. The van der Waals surface area contributed by atoms with E-state index in [0.717, 1.165) is 11.5 Å². The summed E-state index contributed by atoms with van der Waals surface area (Å²) >= 11 is 7.96. The number of aromatic nitrogens is 2. The summed E-state index contributed by atoms with van der Waals surface area (Å²) in [6.45, 7) is 4.90. The molecule has 1 aliphatic rings. The van der Waals surface area contributed by atoms with Crippen LogP contribution in [0.5, 0.6) is 0 Å². The number of rotatable bonds is 7. The molecule has 0 aliphatic heterocycles. The van der Waals surface area contributed by atoms with Crippen molar-refractivity contribution in [3.05, 3.63) is 21.6 Å². The third-order valence-corrected chi connectivity index (χ3v) is 5.05. The minimum atomic E-state index is -0.0993. The Balaban J connectivity index is 2.09. The Hall–Kier alpha value is -0.680. The van der Waals surface area contributed by atoms with Crippen LogP contribution in [0.2, 0.25) is 5.02 Å². The zero-order valence-corrected chi connectivity index (χ0v) is 13.6. The first-order chi connectivity index (χ1) is 9.61. The Labute approximate surface area is 129 Å². The van der Waals surface area contributed by atoms with Gasteiger partial charge in [0.15, 0.2) is 0 Å². The van der Waals surface area contributed by atoms with E-state index in [1.54, 1.807) is 10.9 Å². The minimum Gasteiger partial charge on any atom is -0.376 e. The summed E-state index contributed by atoms with van der Waals surface area (Å²) in [5.74, 6) is 2.63. The topological polar surface area (TPSA) is 46.9 Å². The van der Waals surface area contributed by atoms with Gasteiger partial charge < -0.3 is 5.32 Å². The fourth-order valence-corrected chi connectivity index (χ4v) is 3.08. The van der Waals surface area contributed by atoms with Gasteiger partial charge in [-0.1, -0.05) is 24.9 Å². The lowest BCUT2D eigenvalue weighted by molar-refractivity contribution is 0.262. The van der Waals surface area contributed by atoms with Crippen molar-refractivity contribution in [2.24, 2.45) is 5.92 Å². The first kappa shape index (κ1) is 15.7. The quantitative estimate of drug-likeness (QED) is 0.839. The van der Waals surface area contributed by atoms with E-state index in [0.29, 0.717) is 23.2 Å². The van der Waals surface area contributed by atoms with Gasteiger partial charge in [-0.25, -0.2) is 4.68 Å². The SMILES string of the molecule is CCSCC(C)Nc1c(Cl)cnn(CC2CCC2)c1=O. The Bertz CT molecular complexity index is 502. The smallest absolute Gasteiger partial charge is 0.291 e. The number of halogens is 1. The number of nitrogens with one attached hydrogen (secondary N) is 1. The summed E-state index contributed by atoms with van der Waals surface area (Å²) < 4.78 is 1.55. The van der Waals surface area contributed by atoms with Gasteiger partial charge in [0.05, 0.1) is 11.2 Å². The Morgan fingerprint density at radius 3 is 2.95 bits per heavy atom. The maximum Gasteiger partial charge on any atom is 0.291 e. The Morgan fingerprint density at radius 1 is 1.60 bits per heavy atom. The molecule has 1 aromatic heterocycles. The molecular formula is C14H22ClN3OS. The van der Waals surface area contributed by atoms with Crippen molar-refractivity contribution in [3.8, 4) is 0 Å². The van der Waals surface area contributed by atoms with Crippen LogP contribution in [0.25, 0.3) is 0 Å². The number of hydrogen-bond donors (Lipinski definition) is 1. The highest BCUT2D eigenvalue weighted by molar-refractivity contribution is 7.99. The molecule has 0 radical (unpaired) electrons. The van der Waals surface area contributed by atoms with Crippen LogP contribution < -0.4 is 10.9 Å². The molecule has 0 amide bonds. The van der Waals surface area contributed by atoms with Crippen molar-refractivity contribution in [3.63, 3.8) is 0 Å². The molecule has 1 fully saturated rings. The number of hydrogen-bond acceptors (Lipinski definition) is 4. The summed E-state index contributed by atoms with van der Waals surface area (Å²) in [5, 5.41) is 7.80. The number of thioether (sulfide) groups is 1. The molecule has 0 spiro atoms. The predicted molar refractivity (Wildman–Crippen MR) is 86.9 cm³/mol. The van der Waals surface area contributed by atoms with Crippen LogP contribution in [0, 0.1) is 5.92 Å². The van der Waals surface area contributed by atoms with Crippen LogP contribution in [0.1, 0.15) is 33.1 Å². The van der Waals surface area contributed by atoms with E-state index < -0.39 is 0 Å². The second-order valence-electron chi connectivity index (χ2n) is 5.36. The molecule has 1 aliphatic carbocycles. The first-order valence-corrected chi connectivity index (χ1v) is 8.75. The van der Waals surface area contributed by atoms with Gasteiger partial charge in [-0.3, -0.25) is 4.79 Å². The highest BCUT2D eigenvalue weighted by Crippen LogP contribution is 2.27. The van der Waals surface area contributed by atoms with Crippen LogP contribution in [-0.2, 0) is 6.54 Å². The maximum atomic E-state index is 12.4. The lowest BCUT2D eigenvalue weighted by Gasteiger charge is -2.25. The van der Waals surface area contributed by atoms with Crippen LogP contribution in [0.3, 0.4) is 0 Å². The Morgan fingerprint density at radius 2 is 2.35 bits per heavy atom. The maximum absolute atomic E-state index is 12.4. The lowest BCUT2D eigenvalue weighted by Crippen LogP contribution is -2.32. The molecule has 0 aromatic carbocycles. The highest BCUT2D eigenvalue weighted by atomic mass is 35.5. The van der Waals surface area contributed by atoms with Crippen molar-refractivity contribution in [2.45, 2.75) is 45.7 Å². The van der Waals surface area contributed by atoms with Gasteiger partial charge >= 0.3 is 0 Å². The molecule has 6 heteroatoms. The third-order valence-electron chi connectivity index (χ3n) is 3.62. The van der Waals surface area contributed by atoms with E-state index >= 15 is 0 Å². The van der Waals surface area contributed by atoms with Crippen molar-refractivity contribution in [1.29, 1.82) is 0 Å². The summed E-state index contributed by atoms with van der Waals surface area (Å²) in [5.41, 5.74) is 0.392. The van der Waals surface area contributed by atoms with Gasteiger partial charge in [0.2, 0.25) is 0 Å². The number of anilines is 1. The van der Waals surface area contributed by atoms with Gasteiger partial charge in [-0.15, -0.1) is 0 Å². The molecule has 20 heavy (non-hydrogen) atoms. The molecule has 1 aromatic rings. The standard InChI is InChI=1S/C14H22ClN3OS/c1-3-20-9-10(2)17-13-12(15)7-16-18(14(13)19)8-11-5-4-6-11/h7,10-11,17H,3-6,8-9H2,1-2H3. The van der Waals surface area contributed by atoms with Crippen molar-refractivity contribution in [2.75, 3.05) is 16.8 Å². The van der Waals surface area contributed by atoms with Gasteiger partial charge in [-0.2, -0.15) is 16.9 Å². The predicted octanol–water partition coefficient (Wildman–Crippen LogP) is 3.25. The highest BCUT2D eigenvalue weighted by Gasteiger charge is 2.20. The zero-order chi connectivity index (χ0) is 14.5. The summed E-state index contributed by atoms with van der Waals surface area (Å²) in [6.07, 6.45) is 5.24. The summed E-state index contributed by atoms with van der Waals surface area (Å²) in [4.78, 5) is 12.4. The fourth-order valence-electron chi connectivity index (χ4n) is 2.23. The second kappa shape index (κ2) is 7.36. The third kappa shape index (κ3) is 3.92. The average Bonchev–Trinajstić information content (AvgIpc) is 2.38. The molecule has 4 nitrogen and oxygen atoms in total. The van der Waals surface area contributed by atoms with E-state index in [9.17, 15) is 4.79 Å². The molecule has 1 N–H and O–H groups in total. The van der Waals surface area contributed by atoms with Gasteiger partial charge in [0.1, 0.15) is 5.69 Å². The number of nitrogens with zero attached hydrogens (tertiary/aromatic N) is 2. The van der Waals surface area contributed by atoms with Gasteiger partial charge in [0.25, 0.3) is 5.56 Å². The lowest BCUT2D eigenvalue weighted by atomic mass is 9.85. The largest absolute Gasteiger partial charge is 0.376 e. The molecule has 2 rings (SSSR count). The monoisotopic (exact) mass is 315 g/mol. The van der Waals surface area contributed by atoms with Gasteiger partial charge in [-0.05, 0) is 31.4 Å². The molecule has 1 atom stereocenters. The molecule has 1 saturated carbocycles. The fraction of sp³-hybridized carbons (Fsp3) is 0.714. The Kier molecular flexibility index (Phi) is 5.78. The molecule has 112 valence electrons. The van der Waals surface area contributed by atoms with Crippen molar-refractivity contribution in [1.82, 2.24) is 9.78 Å². The van der Waals surface area contributed by atoms with E-state index in [2.05, 4.69) is 24.3 Å². The van der Waals surface area contributed by atoms with Crippen LogP contribution >= 0.6 is 23.4 Å². The van der Waals surface area contributed by atoms with Crippen LogP contribution in [-0.4, -0.2) is 27.3 Å². The molecule has 0 saturated heterocycles. The molecule has 1 heterocycles. The average molecular weight is 316 g/mol. The minimum absolute atomic E-state index is 0.0993. The van der Waals surface area contributed by atoms with Crippen LogP contribution in [0.4, 0.5) is 5.69 Å². The molecule has 0 bridgehead atoms. The van der Waals surface area contributed by atoms with Crippen molar-refractivity contribution >= 4 is 29.1 Å². The first-order valence-electron chi connectivity index (χ1n) is 7.21. The van der Waals surface area contributed by atoms with E-state index in [4.69, 9.17) is 11.6 Å². The van der Waals surface area contributed by atoms with Crippen molar-refractivity contribution < 1.29 is 0 Å². The van der Waals surface area contributed by atoms with E-state index in [1.165, 1.54) is 19.3 Å². The molecular weight excluding hydrogens is 294 g/mol. The summed E-state index contributed by atoms with van der Waals surface area (Å²) in [7, 11) is 0.